The lowest BCUT2D eigenvalue weighted by molar-refractivity contribution is 1.18. The Labute approximate surface area is 357 Å². The van der Waals surface area contributed by atoms with E-state index in [4.69, 9.17) is 0 Å². The monoisotopic (exact) mass is 793 g/mol. The molecule has 10 aromatic carbocycles. The molecule has 1 aromatic heterocycles. The van der Waals surface area contributed by atoms with Crippen LogP contribution in [0, 0.1) is 6.92 Å². The Bertz CT molecular complexity index is 3550. The summed E-state index contributed by atoms with van der Waals surface area (Å²) in [5, 5.41) is 10.7. The number of rotatable bonds is 5. The van der Waals surface area contributed by atoms with Crippen LogP contribution in [0.4, 0.5) is 0 Å². The van der Waals surface area contributed by atoms with E-state index in [0.29, 0.717) is 0 Å². The maximum Gasteiger partial charge on any atom is 0.113 e. The van der Waals surface area contributed by atoms with Crippen LogP contribution in [0.3, 0.4) is 0 Å². The molecule has 0 saturated carbocycles. The molecule has 11 aromatic rings. The number of hydrogen-bond acceptors (Lipinski definition) is 0. The molecule has 1 aliphatic heterocycles. The van der Waals surface area contributed by atoms with E-state index in [9.17, 15) is 0 Å². The summed E-state index contributed by atoms with van der Waals surface area (Å²) < 4.78 is 2.52. The van der Waals surface area contributed by atoms with Crippen molar-refractivity contribution in [1.29, 1.82) is 0 Å². The number of nitrogens with zero attached hydrogens (tertiary/aromatic N) is 1. The van der Waals surface area contributed by atoms with Gasteiger partial charge in [-0.2, -0.15) is 0 Å². The fraction of sp³-hybridized carbons (Fsp3) is 0.0508. The Morgan fingerprint density at radius 1 is 0.328 bits per heavy atom. The lowest BCUT2D eigenvalue weighted by Crippen LogP contribution is -2.49. The summed E-state index contributed by atoms with van der Waals surface area (Å²) in [6, 6.07) is 77.2. The Morgan fingerprint density at radius 3 is 1.57 bits per heavy atom. The summed E-state index contributed by atoms with van der Waals surface area (Å²) in [6.07, 6.45) is 0. The third-order valence-corrected chi connectivity index (χ3v) is 17.1. The highest BCUT2D eigenvalue weighted by Gasteiger charge is 2.38. The van der Waals surface area contributed by atoms with Crippen molar-refractivity contribution in [2.75, 3.05) is 0 Å². The average Bonchev–Trinajstić information content (AvgIpc) is 3.75. The smallest absolute Gasteiger partial charge is 0.113 e. The first-order chi connectivity index (χ1) is 29.9. The van der Waals surface area contributed by atoms with Gasteiger partial charge in [-0.05, 0) is 136 Å². The van der Waals surface area contributed by atoms with Gasteiger partial charge in [0, 0.05) is 16.5 Å². The second kappa shape index (κ2) is 13.6. The lowest BCUT2D eigenvalue weighted by atomic mass is 9.94. The van der Waals surface area contributed by atoms with Gasteiger partial charge in [-0.1, -0.05) is 183 Å². The molecule has 12 rings (SSSR count). The zero-order valence-corrected chi connectivity index (χ0v) is 35.6. The van der Waals surface area contributed by atoms with Gasteiger partial charge in [0.25, 0.3) is 0 Å². The van der Waals surface area contributed by atoms with Gasteiger partial charge >= 0.3 is 0 Å². The van der Waals surface area contributed by atoms with E-state index in [1.165, 1.54) is 121 Å². The SMILES string of the molecule is Cc1cccc2c(-c3ccc4c(c3)c3cc(-c5cccc6ccccc56)ccc3n4-c3ccc4c(c3)[Si](C)(C)c3cc(-c5ccc(-c6ccccc6)cc5)ccc3-4)cccc12. The maximum absolute atomic E-state index is 2.53. The van der Waals surface area contributed by atoms with Crippen LogP contribution >= 0.6 is 0 Å². The molecular formula is C59H43NSi. The van der Waals surface area contributed by atoms with Crippen LogP contribution in [0.2, 0.25) is 13.1 Å². The van der Waals surface area contributed by atoms with Gasteiger partial charge in [0.15, 0.2) is 0 Å². The molecule has 0 saturated heterocycles. The molecule has 0 amide bonds. The number of aryl methyl sites for hydroxylation is 1. The third-order valence-electron chi connectivity index (χ3n) is 13.6. The minimum absolute atomic E-state index is 1.22. The Hall–Kier alpha value is -7.26. The molecule has 0 bridgehead atoms. The highest BCUT2D eigenvalue weighted by molar-refractivity contribution is 7.03. The summed E-state index contributed by atoms with van der Waals surface area (Å²) in [7, 11) is -2.06. The molecular weight excluding hydrogens is 751 g/mol. The van der Waals surface area contributed by atoms with Crippen molar-refractivity contribution in [3.8, 4) is 61.3 Å². The topological polar surface area (TPSA) is 4.93 Å². The van der Waals surface area contributed by atoms with Crippen LogP contribution in [-0.4, -0.2) is 12.6 Å². The van der Waals surface area contributed by atoms with Crippen molar-refractivity contribution in [2.24, 2.45) is 0 Å². The molecule has 1 nitrogen and oxygen atoms in total. The van der Waals surface area contributed by atoms with Crippen molar-refractivity contribution in [1.82, 2.24) is 4.57 Å². The molecule has 2 heterocycles. The number of hydrogen-bond donors (Lipinski definition) is 0. The van der Waals surface area contributed by atoms with Crippen molar-refractivity contribution in [2.45, 2.75) is 20.0 Å². The molecule has 0 atom stereocenters. The maximum atomic E-state index is 2.53. The predicted octanol–water partition coefficient (Wildman–Crippen LogP) is 14.9. The minimum Gasteiger partial charge on any atom is -0.309 e. The van der Waals surface area contributed by atoms with Crippen LogP contribution in [0.5, 0.6) is 0 Å². The van der Waals surface area contributed by atoms with Gasteiger partial charge in [0.2, 0.25) is 0 Å². The molecule has 0 radical (unpaired) electrons. The van der Waals surface area contributed by atoms with E-state index < -0.39 is 8.07 Å². The number of aromatic nitrogens is 1. The van der Waals surface area contributed by atoms with Crippen LogP contribution in [0.1, 0.15) is 5.56 Å². The van der Waals surface area contributed by atoms with Crippen molar-refractivity contribution >= 4 is 61.8 Å². The zero-order valence-electron chi connectivity index (χ0n) is 34.6. The standard InChI is InChI=1S/C59H43NSi/c1-38-12-9-21-51-47(38)18-11-20-50(51)45-28-33-57-55(35-45)54-34-44(49-19-10-16-42-15-7-8-17-48(42)49)27-32-56(54)60(57)46-29-31-53-52-30-26-43(36-58(52)61(2,3)59(53)37-46)41-24-22-40(23-25-41)39-13-5-4-6-14-39/h4-37H,1-3H3. The largest absolute Gasteiger partial charge is 0.309 e. The van der Waals surface area contributed by atoms with E-state index in [1.807, 2.05) is 0 Å². The molecule has 0 aliphatic carbocycles. The quantitative estimate of drug-likeness (QED) is 0.153. The molecule has 0 N–H and O–H groups in total. The van der Waals surface area contributed by atoms with Crippen molar-refractivity contribution in [3.63, 3.8) is 0 Å². The third kappa shape index (κ3) is 5.60. The Balaban J connectivity index is 1.01. The van der Waals surface area contributed by atoms with Crippen LogP contribution in [0.15, 0.2) is 206 Å². The van der Waals surface area contributed by atoms with Crippen molar-refractivity contribution < 1.29 is 0 Å². The lowest BCUT2D eigenvalue weighted by Gasteiger charge is -2.20. The van der Waals surface area contributed by atoms with E-state index in [2.05, 4.69) is 231 Å². The van der Waals surface area contributed by atoms with Crippen LogP contribution < -0.4 is 10.4 Å². The summed E-state index contributed by atoms with van der Waals surface area (Å²) in [5.41, 5.74) is 17.8. The van der Waals surface area contributed by atoms with E-state index in [-0.39, 0.29) is 0 Å². The molecule has 1 aliphatic rings. The second-order valence-corrected chi connectivity index (χ2v) is 21.7. The first-order valence-electron chi connectivity index (χ1n) is 21.4. The van der Waals surface area contributed by atoms with E-state index in [0.717, 1.165) is 0 Å². The molecule has 0 spiro atoms. The minimum atomic E-state index is -2.06. The van der Waals surface area contributed by atoms with Gasteiger partial charge < -0.3 is 4.57 Å². The predicted molar refractivity (Wildman–Crippen MR) is 264 cm³/mol. The molecule has 0 fully saturated rings. The average molecular weight is 794 g/mol. The van der Waals surface area contributed by atoms with Gasteiger partial charge in [0.05, 0.1) is 11.0 Å². The summed E-state index contributed by atoms with van der Waals surface area (Å²) >= 11 is 0. The van der Waals surface area contributed by atoms with Crippen LogP contribution in [0.25, 0.3) is 105 Å². The molecule has 61 heavy (non-hydrogen) atoms. The summed E-state index contributed by atoms with van der Waals surface area (Å²) in [5.74, 6) is 0. The molecule has 288 valence electrons. The van der Waals surface area contributed by atoms with Crippen LogP contribution in [-0.2, 0) is 0 Å². The Kier molecular flexibility index (Phi) is 7.97. The molecule has 2 heteroatoms. The normalized spacial score (nSPS) is 13.0. The van der Waals surface area contributed by atoms with Gasteiger partial charge in [0.1, 0.15) is 8.07 Å². The van der Waals surface area contributed by atoms with Gasteiger partial charge in [-0.3, -0.25) is 0 Å². The second-order valence-electron chi connectivity index (χ2n) is 17.4. The first kappa shape index (κ1) is 35.7. The highest BCUT2D eigenvalue weighted by Crippen LogP contribution is 2.41. The van der Waals surface area contributed by atoms with Crippen molar-refractivity contribution in [3.05, 3.63) is 212 Å². The van der Waals surface area contributed by atoms with Gasteiger partial charge in [-0.25, -0.2) is 0 Å². The molecule has 0 unspecified atom stereocenters. The Morgan fingerprint density at radius 2 is 0.836 bits per heavy atom. The van der Waals surface area contributed by atoms with Gasteiger partial charge in [-0.15, -0.1) is 0 Å². The number of benzene rings is 10. The number of fused-ring (bicyclic) bond motifs is 8. The fourth-order valence-electron chi connectivity index (χ4n) is 10.4. The van der Waals surface area contributed by atoms with E-state index >= 15 is 0 Å². The first-order valence-corrected chi connectivity index (χ1v) is 24.4. The van der Waals surface area contributed by atoms with E-state index in [1.54, 1.807) is 0 Å². The fourth-order valence-corrected chi connectivity index (χ4v) is 13.5. The summed E-state index contributed by atoms with van der Waals surface area (Å²) in [6.45, 7) is 7.27. The highest BCUT2D eigenvalue weighted by atomic mass is 28.3. The zero-order chi connectivity index (χ0) is 40.8. The summed E-state index contributed by atoms with van der Waals surface area (Å²) in [4.78, 5) is 0.